The smallest absolute Gasteiger partial charge is 0.335 e. The molecule has 0 atom stereocenters. The van der Waals surface area contributed by atoms with Gasteiger partial charge >= 0.3 is 5.97 Å². The van der Waals surface area contributed by atoms with Gasteiger partial charge in [0.15, 0.2) is 0 Å². The van der Waals surface area contributed by atoms with E-state index < -0.39 is 5.97 Å². The molecule has 1 saturated carbocycles. The molecule has 1 aromatic carbocycles. The third-order valence-electron chi connectivity index (χ3n) is 3.95. The summed E-state index contributed by atoms with van der Waals surface area (Å²) >= 11 is 0. The van der Waals surface area contributed by atoms with E-state index in [-0.39, 0.29) is 17.4 Å². The van der Waals surface area contributed by atoms with E-state index in [4.69, 9.17) is 5.11 Å². The Labute approximate surface area is 119 Å². The van der Waals surface area contributed by atoms with Gasteiger partial charge in [0.2, 0.25) is 5.91 Å². The molecule has 0 radical (unpaired) electrons. The minimum absolute atomic E-state index is 0.0642. The number of nitrogens with one attached hydrogen (secondary N) is 1. The number of hydrogen-bond acceptors (Lipinski definition) is 2. The summed E-state index contributed by atoms with van der Waals surface area (Å²) in [5, 5.41) is 11.9. The normalized spacial score (nSPS) is 16.4. The number of amides is 1. The van der Waals surface area contributed by atoms with Gasteiger partial charge in [0.25, 0.3) is 0 Å². The fourth-order valence-corrected chi connectivity index (χ4v) is 2.77. The average molecular weight is 275 g/mol. The van der Waals surface area contributed by atoms with Crippen molar-refractivity contribution in [3.8, 4) is 0 Å². The number of benzene rings is 1. The summed E-state index contributed by atoms with van der Waals surface area (Å²) in [4.78, 5) is 23.2. The van der Waals surface area contributed by atoms with Crippen molar-refractivity contribution in [3.05, 3.63) is 29.3 Å². The van der Waals surface area contributed by atoms with E-state index in [1.165, 1.54) is 12.8 Å². The Morgan fingerprint density at radius 3 is 2.35 bits per heavy atom. The second kappa shape index (κ2) is 6.55. The molecule has 4 nitrogen and oxygen atoms in total. The highest BCUT2D eigenvalue weighted by Gasteiger charge is 2.20. The molecule has 0 aliphatic heterocycles. The Morgan fingerprint density at radius 1 is 1.15 bits per heavy atom. The lowest BCUT2D eigenvalue weighted by atomic mass is 9.99. The van der Waals surface area contributed by atoms with Crippen LogP contribution < -0.4 is 5.32 Å². The topological polar surface area (TPSA) is 66.4 Å². The first-order valence-electron chi connectivity index (χ1n) is 7.23. The van der Waals surface area contributed by atoms with Crippen LogP contribution in [0.2, 0.25) is 0 Å². The van der Waals surface area contributed by atoms with Crippen LogP contribution in [0.25, 0.3) is 0 Å². The highest BCUT2D eigenvalue weighted by atomic mass is 16.4. The van der Waals surface area contributed by atoms with Crippen molar-refractivity contribution in [2.24, 2.45) is 5.92 Å². The van der Waals surface area contributed by atoms with Gasteiger partial charge in [-0.05, 0) is 43.5 Å². The molecule has 1 fully saturated rings. The second-order valence-electron chi connectivity index (χ2n) is 5.51. The van der Waals surface area contributed by atoms with E-state index in [9.17, 15) is 9.59 Å². The van der Waals surface area contributed by atoms with Crippen molar-refractivity contribution >= 4 is 17.6 Å². The number of carboxylic acids is 1. The van der Waals surface area contributed by atoms with Gasteiger partial charge in [-0.2, -0.15) is 0 Å². The van der Waals surface area contributed by atoms with Gasteiger partial charge in [0.05, 0.1) is 5.56 Å². The third kappa shape index (κ3) is 3.59. The molecule has 0 heterocycles. The van der Waals surface area contributed by atoms with Crippen molar-refractivity contribution < 1.29 is 14.7 Å². The first-order valence-corrected chi connectivity index (χ1v) is 7.23. The maximum Gasteiger partial charge on any atom is 0.335 e. The number of hydrogen-bond donors (Lipinski definition) is 2. The first kappa shape index (κ1) is 14.6. The number of carboxylic acid groups (broad SMARTS) is 1. The predicted octanol–water partition coefficient (Wildman–Crippen LogP) is 3.60. The lowest BCUT2D eigenvalue weighted by molar-refractivity contribution is -0.120. The van der Waals surface area contributed by atoms with Crippen LogP contribution in [0.3, 0.4) is 0 Å². The van der Waals surface area contributed by atoms with Gasteiger partial charge < -0.3 is 10.4 Å². The Balaban J connectivity index is 2.03. The molecule has 108 valence electrons. The minimum Gasteiger partial charge on any atom is -0.478 e. The Hall–Kier alpha value is -1.84. The zero-order chi connectivity index (χ0) is 14.5. The van der Waals surface area contributed by atoms with Crippen LogP contribution in [-0.4, -0.2) is 17.0 Å². The third-order valence-corrected chi connectivity index (χ3v) is 3.95. The van der Waals surface area contributed by atoms with E-state index in [1.807, 2.05) is 0 Å². The van der Waals surface area contributed by atoms with E-state index in [0.717, 1.165) is 25.7 Å². The van der Waals surface area contributed by atoms with Gasteiger partial charge in [-0.25, -0.2) is 4.79 Å². The standard InChI is InChI=1S/C16H21NO3/c1-11-10-13(8-9-14(11)16(19)20)17-15(18)12-6-4-2-3-5-7-12/h8-10,12H,2-7H2,1H3,(H,17,18)(H,19,20). The summed E-state index contributed by atoms with van der Waals surface area (Å²) in [6.07, 6.45) is 6.59. The van der Waals surface area contributed by atoms with Crippen LogP contribution in [0.1, 0.15) is 54.4 Å². The van der Waals surface area contributed by atoms with E-state index in [2.05, 4.69) is 5.32 Å². The number of aromatic carboxylic acids is 1. The SMILES string of the molecule is Cc1cc(NC(=O)C2CCCCCC2)ccc1C(=O)O. The zero-order valence-corrected chi connectivity index (χ0v) is 11.8. The van der Waals surface area contributed by atoms with E-state index in [0.29, 0.717) is 11.3 Å². The fourth-order valence-electron chi connectivity index (χ4n) is 2.77. The van der Waals surface area contributed by atoms with Crippen LogP contribution in [0.15, 0.2) is 18.2 Å². The molecule has 1 aliphatic rings. The van der Waals surface area contributed by atoms with Crippen molar-refractivity contribution in [1.29, 1.82) is 0 Å². The molecule has 2 rings (SSSR count). The number of anilines is 1. The quantitative estimate of drug-likeness (QED) is 0.828. The maximum absolute atomic E-state index is 12.2. The Kier molecular flexibility index (Phi) is 4.77. The summed E-state index contributed by atoms with van der Waals surface area (Å²) in [5.41, 5.74) is 1.62. The molecular weight excluding hydrogens is 254 g/mol. The van der Waals surface area contributed by atoms with Gasteiger partial charge in [0.1, 0.15) is 0 Å². The second-order valence-corrected chi connectivity index (χ2v) is 5.51. The van der Waals surface area contributed by atoms with Crippen LogP contribution >= 0.6 is 0 Å². The van der Waals surface area contributed by atoms with E-state index in [1.54, 1.807) is 25.1 Å². The summed E-state index contributed by atoms with van der Waals surface area (Å²) < 4.78 is 0. The lowest BCUT2D eigenvalue weighted by Gasteiger charge is -2.14. The summed E-state index contributed by atoms with van der Waals surface area (Å²) in [5.74, 6) is -0.782. The molecule has 0 saturated heterocycles. The summed E-state index contributed by atoms with van der Waals surface area (Å²) in [6, 6.07) is 4.92. The number of carbonyl (C=O) groups excluding carboxylic acids is 1. The molecule has 1 aromatic rings. The van der Waals surface area contributed by atoms with Gasteiger partial charge in [0, 0.05) is 11.6 Å². The maximum atomic E-state index is 12.2. The zero-order valence-electron chi connectivity index (χ0n) is 11.8. The highest BCUT2D eigenvalue weighted by molar-refractivity contribution is 5.94. The van der Waals surface area contributed by atoms with Crippen LogP contribution in [0.5, 0.6) is 0 Å². The Bertz CT molecular complexity index is 502. The van der Waals surface area contributed by atoms with Crippen LogP contribution in [-0.2, 0) is 4.79 Å². The highest BCUT2D eigenvalue weighted by Crippen LogP contribution is 2.24. The molecule has 0 bridgehead atoms. The largest absolute Gasteiger partial charge is 0.478 e. The molecule has 0 spiro atoms. The minimum atomic E-state index is -0.941. The van der Waals surface area contributed by atoms with E-state index >= 15 is 0 Å². The molecule has 20 heavy (non-hydrogen) atoms. The predicted molar refractivity (Wildman–Crippen MR) is 78.0 cm³/mol. The molecule has 0 unspecified atom stereocenters. The molecule has 2 N–H and O–H groups in total. The monoisotopic (exact) mass is 275 g/mol. The molecule has 4 heteroatoms. The first-order chi connectivity index (χ1) is 9.58. The lowest BCUT2D eigenvalue weighted by Crippen LogP contribution is -2.22. The average Bonchev–Trinajstić information content (AvgIpc) is 2.67. The number of aryl methyl sites for hydroxylation is 1. The van der Waals surface area contributed by atoms with Crippen LogP contribution in [0, 0.1) is 12.8 Å². The van der Waals surface area contributed by atoms with Crippen molar-refractivity contribution in [2.45, 2.75) is 45.4 Å². The number of rotatable bonds is 3. The van der Waals surface area contributed by atoms with Gasteiger partial charge in [-0.15, -0.1) is 0 Å². The van der Waals surface area contributed by atoms with Crippen molar-refractivity contribution in [3.63, 3.8) is 0 Å². The Morgan fingerprint density at radius 2 is 1.80 bits per heavy atom. The molecule has 1 aliphatic carbocycles. The molecular formula is C16H21NO3. The van der Waals surface area contributed by atoms with Crippen LogP contribution in [0.4, 0.5) is 5.69 Å². The molecule has 1 amide bonds. The van der Waals surface area contributed by atoms with Crippen molar-refractivity contribution in [1.82, 2.24) is 0 Å². The van der Waals surface area contributed by atoms with Gasteiger partial charge in [-0.3, -0.25) is 4.79 Å². The van der Waals surface area contributed by atoms with Gasteiger partial charge in [-0.1, -0.05) is 25.7 Å². The molecule has 0 aromatic heterocycles. The fraction of sp³-hybridized carbons (Fsp3) is 0.500. The van der Waals surface area contributed by atoms with Crippen molar-refractivity contribution in [2.75, 3.05) is 5.32 Å². The number of carbonyl (C=O) groups is 2. The summed E-state index contributed by atoms with van der Waals surface area (Å²) in [6.45, 7) is 1.74. The summed E-state index contributed by atoms with van der Waals surface area (Å²) in [7, 11) is 0.